The highest BCUT2D eigenvalue weighted by Crippen LogP contribution is 2.20. The highest BCUT2D eigenvalue weighted by Gasteiger charge is 2.36. The van der Waals surface area contributed by atoms with Crippen molar-refractivity contribution in [2.45, 2.75) is 19.1 Å². The maximum atomic E-state index is 11.5. The Morgan fingerprint density at radius 1 is 1.19 bits per heavy atom. The third kappa shape index (κ3) is 3.32. The largest absolute Gasteiger partial charge is 0.539 e. The molecule has 0 saturated carbocycles. The van der Waals surface area contributed by atoms with E-state index in [1.165, 1.54) is 24.3 Å². The molecule has 9 heteroatoms. The molecule has 2 rings (SSSR count). The van der Waals surface area contributed by atoms with Gasteiger partial charge in [0.05, 0.1) is 10.5 Å². The molecular weight excluding hydrogens is 284 g/mol. The minimum Gasteiger partial charge on any atom is -0.360 e. The van der Waals surface area contributed by atoms with E-state index in [0.717, 1.165) is 0 Å². The molecule has 0 bridgehead atoms. The summed E-state index contributed by atoms with van der Waals surface area (Å²) < 4.78 is 4.55. The summed E-state index contributed by atoms with van der Waals surface area (Å²) in [5.41, 5.74) is 0.124. The molecule has 0 N–H and O–H groups in total. The number of nitro groups is 1. The highest BCUT2D eigenvalue weighted by atomic mass is 16.8. The third-order valence-electron chi connectivity index (χ3n) is 2.66. The summed E-state index contributed by atoms with van der Waals surface area (Å²) in [4.78, 5) is 48.5. The normalized spacial score (nSPS) is 15.7. The molecule has 21 heavy (non-hydrogen) atoms. The van der Waals surface area contributed by atoms with Gasteiger partial charge in [0.1, 0.15) is 0 Å². The summed E-state index contributed by atoms with van der Waals surface area (Å²) in [6.45, 7) is 0. The fraction of sp³-hybridized carbons (Fsp3) is 0.250. The fourth-order valence-corrected chi connectivity index (χ4v) is 1.70. The summed E-state index contributed by atoms with van der Waals surface area (Å²) in [5, 5.41) is 11.2. The monoisotopic (exact) mass is 294 g/mol. The number of ether oxygens (including phenoxy) is 1. The molecule has 0 radical (unpaired) electrons. The highest BCUT2D eigenvalue weighted by molar-refractivity contribution is 6.01. The van der Waals surface area contributed by atoms with Gasteiger partial charge in [-0.2, -0.15) is 0 Å². The molecule has 0 spiro atoms. The molecule has 1 unspecified atom stereocenters. The van der Waals surface area contributed by atoms with Gasteiger partial charge in [-0.1, -0.05) is 23.3 Å². The van der Waals surface area contributed by atoms with Gasteiger partial charge in [-0.15, -0.1) is 0 Å². The molecule has 9 nitrogen and oxygen atoms in total. The smallest absolute Gasteiger partial charge is 0.360 e. The minimum absolute atomic E-state index is 0.0799. The van der Waals surface area contributed by atoms with Crippen molar-refractivity contribution in [1.29, 1.82) is 0 Å². The van der Waals surface area contributed by atoms with Crippen molar-refractivity contribution in [3.8, 4) is 0 Å². The zero-order valence-corrected chi connectivity index (χ0v) is 10.6. The zero-order chi connectivity index (χ0) is 15.4. The van der Waals surface area contributed by atoms with Crippen molar-refractivity contribution in [2.24, 2.45) is 0 Å². The maximum Gasteiger partial charge on any atom is 0.539 e. The van der Waals surface area contributed by atoms with E-state index in [4.69, 9.17) is 0 Å². The Morgan fingerprint density at radius 3 is 2.29 bits per heavy atom. The molecule has 2 amide bonds. The molecule has 0 aromatic heterocycles. The molecule has 0 aliphatic carbocycles. The number of hydroxylamine groups is 2. The topological polar surface area (TPSA) is 116 Å². The van der Waals surface area contributed by atoms with Gasteiger partial charge in [-0.3, -0.25) is 24.5 Å². The van der Waals surface area contributed by atoms with E-state index in [1.807, 2.05) is 0 Å². The molecule has 110 valence electrons. The molecule has 1 atom stereocenters. The maximum absolute atomic E-state index is 11.5. The van der Waals surface area contributed by atoms with Gasteiger partial charge in [0.2, 0.25) is 0 Å². The minimum atomic E-state index is -1.79. The van der Waals surface area contributed by atoms with E-state index < -0.39 is 29.1 Å². The number of amides is 2. The quantitative estimate of drug-likeness (QED) is 0.269. The summed E-state index contributed by atoms with van der Waals surface area (Å²) in [7, 11) is 0. The van der Waals surface area contributed by atoms with Crippen LogP contribution >= 0.6 is 0 Å². The SMILES string of the molecule is O=C(OC(c1ccccc1)[N+](=O)[O-])ON1C(=O)CCC1=O. The van der Waals surface area contributed by atoms with Crippen LogP contribution in [0.3, 0.4) is 0 Å². The van der Waals surface area contributed by atoms with Crippen LogP contribution in [0.5, 0.6) is 0 Å². The second-order valence-corrected chi connectivity index (χ2v) is 4.09. The zero-order valence-electron chi connectivity index (χ0n) is 10.6. The van der Waals surface area contributed by atoms with E-state index in [9.17, 15) is 24.5 Å². The van der Waals surface area contributed by atoms with Crippen molar-refractivity contribution in [3.05, 3.63) is 46.0 Å². The van der Waals surface area contributed by atoms with E-state index >= 15 is 0 Å². The molecule has 1 heterocycles. The molecule has 1 saturated heterocycles. The van der Waals surface area contributed by atoms with Crippen LogP contribution in [0.4, 0.5) is 4.79 Å². The first-order chi connectivity index (χ1) is 9.99. The fourth-order valence-electron chi connectivity index (χ4n) is 1.70. The predicted octanol–water partition coefficient (Wildman–Crippen LogP) is 1.18. The average molecular weight is 294 g/mol. The van der Waals surface area contributed by atoms with E-state index in [2.05, 4.69) is 9.57 Å². The van der Waals surface area contributed by atoms with Gasteiger partial charge in [-0.05, 0) is 12.1 Å². The molecule has 1 aliphatic rings. The van der Waals surface area contributed by atoms with E-state index in [0.29, 0.717) is 0 Å². The van der Waals surface area contributed by atoms with Gasteiger partial charge in [0.25, 0.3) is 11.8 Å². The second-order valence-electron chi connectivity index (χ2n) is 4.09. The Hall–Kier alpha value is -2.97. The lowest BCUT2D eigenvalue weighted by molar-refractivity contribution is -0.576. The van der Waals surface area contributed by atoms with Crippen LogP contribution in [0.15, 0.2) is 30.3 Å². The van der Waals surface area contributed by atoms with E-state index in [1.54, 1.807) is 6.07 Å². The lowest BCUT2D eigenvalue weighted by Gasteiger charge is -2.14. The molecule has 1 aromatic rings. The standard InChI is InChI=1S/C12H10N2O7/c15-9-6-7-10(16)13(9)21-12(17)20-11(14(18)19)8-4-2-1-3-5-8/h1-5,11H,6-7H2. The summed E-state index contributed by atoms with van der Waals surface area (Å²) in [6, 6.07) is 7.50. The third-order valence-corrected chi connectivity index (χ3v) is 2.66. The molecule has 1 aliphatic heterocycles. The number of benzene rings is 1. The number of hydrogen-bond donors (Lipinski definition) is 0. The van der Waals surface area contributed by atoms with E-state index in [-0.39, 0.29) is 23.5 Å². The lowest BCUT2D eigenvalue weighted by Crippen LogP contribution is -2.33. The van der Waals surface area contributed by atoms with Crippen molar-refractivity contribution >= 4 is 18.0 Å². The number of nitrogens with zero attached hydrogens (tertiary/aromatic N) is 2. The lowest BCUT2D eigenvalue weighted by atomic mass is 10.2. The first-order valence-electron chi connectivity index (χ1n) is 5.92. The van der Waals surface area contributed by atoms with Crippen molar-refractivity contribution in [2.75, 3.05) is 0 Å². The first kappa shape index (κ1) is 14.4. The average Bonchev–Trinajstić information content (AvgIpc) is 2.77. The van der Waals surface area contributed by atoms with Gasteiger partial charge in [0.15, 0.2) is 0 Å². The second kappa shape index (κ2) is 5.99. The van der Waals surface area contributed by atoms with Crippen LogP contribution in [0.1, 0.15) is 24.6 Å². The van der Waals surface area contributed by atoms with Crippen LogP contribution < -0.4 is 0 Å². The van der Waals surface area contributed by atoms with Crippen LogP contribution in [-0.4, -0.2) is 28.0 Å². The number of carbonyl (C=O) groups excluding carboxylic acids is 3. The Kier molecular flexibility index (Phi) is 4.12. The Labute approximate surface area is 118 Å². The number of imide groups is 1. The first-order valence-corrected chi connectivity index (χ1v) is 5.92. The molecule has 1 fully saturated rings. The number of rotatable bonds is 4. The Balaban J connectivity index is 2.04. The van der Waals surface area contributed by atoms with Crippen LogP contribution in [0.2, 0.25) is 0 Å². The van der Waals surface area contributed by atoms with Crippen molar-refractivity contribution in [3.63, 3.8) is 0 Å². The van der Waals surface area contributed by atoms with Gasteiger partial charge in [-0.25, -0.2) is 4.79 Å². The summed E-state index contributed by atoms with van der Waals surface area (Å²) >= 11 is 0. The van der Waals surface area contributed by atoms with Crippen LogP contribution in [0, 0.1) is 10.1 Å². The number of carbonyl (C=O) groups is 3. The van der Waals surface area contributed by atoms with Crippen LogP contribution in [0.25, 0.3) is 0 Å². The van der Waals surface area contributed by atoms with Crippen molar-refractivity contribution in [1.82, 2.24) is 5.06 Å². The Bertz CT molecular complexity index is 571. The van der Waals surface area contributed by atoms with Gasteiger partial charge >= 0.3 is 12.4 Å². The summed E-state index contributed by atoms with van der Waals surface area (Å²) in [5.74, 6) is -1.40. The summed E-state index contributed by atoms with van der Waals surface area (Å²) in [6.07, 6.45) is -3.44. The van der Waals surface area contributed by atoms with Gasteiger partial charge < -0.3 is 4.74 Å². The van der Waals surface area contributed by atoms with Crippen molar-refractivity contribution < 1.29 is 28.9 Å². The molecule has 1 aromatic carbocycles. The Morgan fingerprint density at radius 2 is 1.76 bits per heavy atom. The predicted molar refractivity (Wildman–Crippen MR) is 64.8 cm³/mol. The number of hydrogen-bond acceptors (Lipinski definition) is 7. The van der Waals surface area contributed by atoms with Gasteiger partial charge in [0, 0.05) is 12.8 Å². The van der Waals surface area contributed by atoms with Crippen LogP contribution in [-0.2, 0) is 19.2 Å². The molecular formula is C12H10N2O7.